The Morgan fingerprint density at radius 1 is 1.03 bits per heavy atom. The summed E-state index contributed by atoms with van der Waals surface area (Å²) >= 11 is 0. The maximum Gasteiger partial charge on any atom is 0.270 e. The number of anilines is 1. The van der Waals surface area contributed by atoms with Crippen molar-refractivity contribution < 1.29 is 9.53 Å². The molecule has 3 rings (SSSR count). The third kappa shape index (κ3) is 5.78. The lowest BCUT2D eigenvalue weighted by Crippen LogP contribution is -2.24. The molecular formula is C23H26N4O2. The van der Waals surface area contributed by atoms with E-state index in [1.54, 1.807) is 13.2 Å². The van der Waals surface area contributed by atoms with Gasteiger partial charge in [0.1, 0.15) is 11.4 Å². The Balaban J connectivity index is 1.59. The standard InChI is InChI=1S/C23H26N4O2/c1-16-8-10-18(11-9-16)15-25-22(28)20-14-17(2)26-23(27-20)24-13-12-19-6-4-5-7-21(19)29-3/h4-11,14H,12-13,15H2,1-3H3,(H,25,28)(H,24,26,27). The van der Waals surface area contributed by atoms with Gasteiger partial charge in [0.05, 0.1) is 7.11 Å². The van der Waals surface area contributed by atoms with Crippen LogP contribution in [-0.4, -0.2) is 29.5 Å². The number of benzene rings is 2. The first kappa shape index (κ1) is 20.3. The maximum atomic E-state index is 12.5. The molecule has 1 heterocycles. The summed E-state index contributed by atoms with van der Waals surface area (Å²) in [4.78, 5) is 21.3. The van der Waals surface area contributed by atoms with Gasteiger partial charge in [0, 0.05) is 18.8 Å². The van der Waals surface area contributed by atoms with Crippen molar-refractivity contribution >= 4 is 11.9 Å². The number of ether oxygens (including phenoxy) is 1. The van der Waals surface area contributed by atoms with E-state index in [1.165, 1.54) is 5.56 Å². The highest BCUT2D eigenvalue weighted by Gasteiger charge is 2.11. The third-order valence-electron chi connectivity index (χ3n) is 4.53. The van der Waals surface area contributed by atoms with Crippen LogP contribution in [0.2, 0.25) is 0 Å². The average Bonchev–Trinajstić information content (AvgIpc) is 2.73. The van der Waals surface area contributed by atoms with Crippen LogP contribution in [0.5, 0.6) is 5.75 Å². The second-order valence-corrected chi connectivity index (χ2v) is 6.88. The van der Waals surface area contributed by atoms with E-state index in [2.05, 4.69) is 20.6 Å². The summed E-state index contributed by atoms with van der Waals surface area (Å²) in [6.45, 7) is 4.98. The minimum Gasteiger partial charge on any atom is -0.496 e. The van der Waals surface area contributed by atoms with Crippen LogP contribution >= 0.6 is 0 Å². The molecule has 0 spiro atoms. The molecule has 0 saturated carbocycles. The van der Waals surface area contributed by atoms with Gasteiger partial charge in [-0.15, -0.1) is 0 Å². The van der Waals surface area contributed by atoms with E-state index in [0.29, 0.717) is 24.7 Å². The molecule has 150 valence electrons. The van der Waals surface area contributed by atoms with Gasteiger partial charge in [-0.2, -0.15) is 0 Å². The Kier molecular flexibility index (Phi) is 6.79. The number of aromatic nitrogens is 2. The number of aryl methyl sites for hydroxylation is 2. The molecule has 2 aromatic carbocycles. The van der Waals surface area contributed by atoms with Crippen LogP contribution in [-0.2, 0) is 13.0 Å². The molecule has 0 fully saturated rings. The third-order valence-corrected chi connectivity index (χ3v) is 4.53. The number of carbonyl (C=O) groups excluding carboxylic acids is 1. The number of carbonyl (C=O) groups is 1. The van der Waals surface area contributed by atoms with Crippen LogP contribution in [0.25, 0.3) is 0 Å². The molecule has 1 amide bonds. The number of methoxy groups -OCH3 is 1. The summed E-state index contributed by atoms with van der Waals surface area (Å²) in [7, 11) is 1.66. The number of hydrogen-bond donors (Lipinski definition) is 2. The van der Waals surface area contributed by atoms with E-state index in [-0.39, 0.29) is 5.91 Å². The van der Waals surface area contributed by atoms with Gasteiger partial charge in [-0.05, 0) is 43.5 Å². The highest BCUT2D eigenvalue weighted by molar-refractivity contribution is 5.92. The summed E-state index contributed by atoms with van der Waals surface area (Å²) in [5.74, 6) is 1.08. The molecule has 0 unspecified atom stereocenters. The molecule has 3 aromatic rings. The number of nitrogens with one attached hydrogen (secondary N) is 2. The zero-order valence-corrected chi connectivity index (χ0v) is 17.0. The molecule has 1 aromatic heterocycles. The van der Waals surface area contributed by atoms with Gasteiger partial charge < -0.3 is 15.4 Å². The van der Waals surface area contributed by atoms with Gasteiger partial charge in [-0.1, -0.05) is 48.0 Å². The minimum atomic E-state index is -0.219. The average molecular weight is 390 g/mol. The second-order valence-electron chi connectivity index (χ2n) is 6.88. The van der Waals surface area contributed by atoms with E-state index >= 15 is 0 Å². The predicted molar refractivity (Wildman–Crippen MR) is 114 cm³/mol. The molecule has 0 radical (unpaired) electrons. The van der Waals surface area contributed by atoms with E-state index in [9.17, 15) is 4.79 Å². The predicted octanol–water partition coefficient (Wildman–Crippen LogP) is 3.69. The zero-order chi connectivity index (χ0) is 20.6. The fourth-order valence-electron chi connectivity index (χ4n) is 2.96. The normalized spacial score (nSPS) is 10.4. The van der Waals surface area contributed by atoms with Gasteiger partial charge in [-0.25, -0.2) is 9.97 Å². The first-order valence-corrected chi connectivity index (χ1v) is 9.60. The van der Waals surface area contributed by atoms with Crippen molar-refractivity contribution in [3.63, 3.8) is 0 Å². The fraction of sp³-hybridized carbons (Fsp3) is 0.261. The minimum absolute atomic E-state index is 0.219. The van der Waals surface area contributed by atoms with E-state index in [0.717, 1.165) is 29.0 Å². The lowest BCUT2D eigenvalue weighted by Gasteiger charge is -2.11. The molecule has 0 aliphatic carbocycles. The van der Waals surface area contributed by atoms with Crippen molar-refractivity contribution in [3.8, 4) is 5.75 Å². The quantitative estimate of drug-likeness (QED) is 0.614. The Morgan fingerprint density at radius 3 is 2.55 bits per heavy atom. The first-order chi connectivity index (χ1) is 14.0. The van der Waals surface area contributed by atoms with Gasteiger partial charge in [0.2, 0.25) is 5.95 Å². The van der Waals surface area contributed by atoms with E-state index in [1.807, 2.05) is 62.4 Å². The second kappa shape index (κ2) is 9.68. The summed E-state index contributed by atoms with van der Waals surface area (Å²) in [6.07, 6.45) is 0.760. The first-order valence-electron chi connectivity index (χ1n) is 9.60. The Labute approximate surface area is 171 Å². The Bertz CT molecular complexity index is 971. The van der Waals surface area contributed by atoms with Crippen LogP contribution in [0.3, 0.4) is 0 Å². The van der Waals surface area contributed by atoms with E-state index < -0.39 is 0 Å². The number of rotatable bonds is 8. The number of para-hydroxylation sites is 1. The number of nitrogens with zero attached hydrogens (tertiary/aromatic N) is 2. The van der Waals surface area contributed by atoms with Crippen LogP contribution in [0.1, 0.15) is 32.9 Å². The molecule has 6 heteroatoms. The topological polar surface area (TPSA) is 76.1 Å². The SMILES string of the molecule is COc1ccccc1CCNc1nc(C)cc(C(=O)NCc2ccc(C)cc2)n1. The monoisotopic (exact) mass is 390 g/mol. The van der Waals surface area contributed by atoms with Crippen molar-refractivity contribution in [2.75, 3.05) is 19.0 Å². The number of amides is 1. The van der Waals surface area contributed by atoms with Crippen LogP contribution < -0.4 is 15.4 Å². The summed E-state index contributed by atoms with van der Waals surface area (Å²) in [5, 5.41) is 6.12. The van der Waals surface area contributed by atoms with Gasteiger partial charge in [0.15, 0.2) is 0 Å². The highest BCUT2D eigenvalue weighted by atomic mass is 16.5. The zero-order valence-electron chi connectivity index (χ0n) is 17.0. The molecule has 2 N–H and O–H groups in total. The van der Waals surface area contributed by atoms with Crippen LogP contribution in [0, 0.1) is 13.8 Å². The molecular weight excluding hydrogens is 364 g/mol. The van der Waals surface area contributed by atoms with Crippen molar-refractivity contribution in [1.29, 1.82) is 0 Å². The van der Waals surface area contributed by atoms with Crippen molar-refractivity contribution in [3.05, 3.63) is 82.7 Å². The summed E-state index contributed by atoms with van der Waals surface area (Å²) < 4.78 is 5.38. The molecule has 0 aliphatic rings. The Morgan fingerprint density at radius 2 is 1.79 bits per heavy atom. The van der Waals surface area contributed by atoms with Crippen molar-refractivity contribution in [2.45, 2.75) is 26.8 Å². The lowest BCUT2D eigenvalue weighted by atomic mass is 10.1. The van der Waals surface area contributed by atoms with Crippen LogP contribution in [0.15, 0.2) is 54.6 Å². The van der Waals surface area contributed by atoms with Crippen molar-refractivity contribution in [2.24, 2.45) is 0 Å². The Hall–Kier alpha value is -3.41. The molecule has 0 saturated heterocycles. The lowest BCUT2D eigenvalue weighted by molar-refractivity contribution is 0.0945. The van der Waals surface area contributed by atoms with Crippen molar-refractivity contribution in [1.82, 2.24) is 15.3 Å². The van der Waals surface area contributed by atoms with Gasteiger partial charge in [0.25, 0.3) is 5.91 Å². The molecule has 6 nitrogen and oxygen atoms in total. The highest BCUT2D eigenvalue weighted by Crippen LogP contribution is 2.17. The summed E-state index contributed by atoms with van der Waals surface area (Å²) in [5.41, 5.74) is 4.43. The maximum absolute atomic E-state index is 12.5. The molecule has 29 heavy (non-hydrogen) atoms. The van der Waals surface area contributed by atoms with Gasteiger partial charge >= 0.3 is 0 Å². The smallest absolute Gasteiger partial charge is 0.270 e. The van der Waals surface area contributed by atoms with E-state index in [4.69, 9.17) is 4.74 Å². The fourth-order valence-corrected chi connectivity index (χ4v) is 2.96. The van der Waals surface area contributed by atoms with Gasteiger partial charge in [-0.3, -0.25) is 4.79 Å². The largest absolute Gasteiger partial charge is 0.496 e. The molecule has 0 atom stereocenters. The number of hydrogen-bond acceptors (Lipinski definition) is 5. The molecule has 0 aliphatic heterocycles. The van der Waals surface area contributed by atoms with Crippen LogP contribution in [0.4, 0.5) is 5.95 Å². The summed E-state index contributed by atoms with van der Waals surface area (Å²) in [6, 6.07) is 17.7. The molecule has 0 bridgehead atoms.